The molecular formula is C13H16Cl2N2O2. The van der Waals surface area contributed by atoms with Crippen LogP contribution in [0.5, 0.6) is 0 Å². The minimum absolute atomic E-state index is 0.0151. The summed E-state index contributed by atoms with van der Waals surface area (Å²) in [5.41, 5.74) is 1.05. The molecule has 0 saturated carbocycles. The molecule has 0 unspecified atom stereocenters. The Morgan fingerprint density at radius 3 is 2.74 bits per heavy atom. The van der Waals surface area contributed by atoms with E-state index >= 15 is 0 Å². The molecule has 104 valence electrons. The maximum Gasteiger partial charge on any atom is 0.250 e. The van der Waals surface area contributed by atoms with Crippen LogP contribution in [0, 0.1) is 6.92 Å². The Bertz CT molecular complexity index is 502. The molecule has 1 saturated heterocycles. The minimum Gasteiger partial charge on any atom is -0.363 e. The summed E-state index contributed by atoms with van der Waals surface area (Å²) < 4.78 is 5.55. The predicted octanol–water partition coefficient (Wildman–Crippen LogP) is 2.62. The second-order valence-electron chi connectivity index (χ2n) is 4.94. The van der Waals surface area contributed by atoms with Crippen LogP contribution in [0.3, 0.4) is 0 Å². The number of carbonyl (C=O) groups excluding carboxylic acids is 1. The summed E-state index contributed by atoms with van der Waals surface area (Å²) in [6.45, 7) is 5.31. The van der Waals surface area contributed by atoms with Crippen molar-refractivity contribution in [3.05, 3.63) is 27.7 Å². The number of nitrogens with one attached hydrogen (secondary N) is 2. The second-order valence-corrected chi connectivity index (χ2v) is 5.73. The highest BCUT2D eigenvalue weighted by Gasteiger charge is 2.33. The van der Waals surface area contributed by atoms with E-state index in [0.717, 1.165) is 18.7 Å². The highest BCUT2D eigenvalue weighted by molar-refractivity contribution is 6.40. The summed E-state index contributed by atoms with van der Waals surface area (Å²) in [5, 5.41) is 6.67. The number of halogens is 2. The van der Waals surface area contributed by atoms with E-state index in [9.17, 15) is 4.79 Å². The summed E-state index contributed by atoms with van der Waals surface area (Å²) in [6, 6.07) is 3.51. The second kappa shape index (κ2) is 5.67. The van der Waals surface area contributed by atoms with E-state index in [4.69, 9.17) is 27.9 Å². The molecule has 0 radical (unpaired) electrons. The van der Waals surface area contributed by atoms with Crippen molar-refractivity contribution in [1.82, 2.24) is 5.32 Å². The quantitative estimate of drug-likeness (QED) is 0.899. The lowest BCUT2D eigenvalue weighted by Crippen LogP contribution is -2.59. The largest absolute Gasteiger partial charge is 0.363 e. The molecule has 6 heteroatoms. The van der Waals surface area contributed by atoms with E-state index < -0.39 is 0 Å². The van der Waals surface area contributed by atoms with Crippen molar-refractivity contribution in [2.45, 2.75) is 19.4 Å². The molecule has 1 heterocycles. The summed E-state index contributed by atoms with van der Waals surface area (Å²) in [7, 11) is 0. The van der Waals surface area contributed by atoms with E-state index in [2.05, 4.69) is 10.6 Å². The molecule has 1 aromatic carbocycles. The Morgan fingerprint density at radius 2 is 2.16 bits per heavy atom. The molecule has 19 heavy (non-hydrogen) atoms. The first-order valence-electron chi connectivity index (χ1n) is 6.00. The van der Waals surface area contributed by atoms with Crippen LogP contribution in [0.4, 0.5) is 5.69 Å². The van der Waals surface area contributed by atoms with E-state index in [-0.39, 0.29) is 18.1 Å². The molecule has 1 aromatic rings. The summed E-state index contributed by atoms with van der Waals surface area (Å²) in [6.07, 6.45) is 0. The van der Waals surface area contributed by atoms with Crippen LogP contribution in [0.1, 0.15) is 12.5 Å². The maximum atomic E-state index is 11.8. The van der Waals surface area contributed by atoms with Gasteiger partial charge >= 0.3 is 0 Å². The Labute approximate surface area is 122 Å². The average molecular weight is 303 g/mol. The third-order valence-electron chi connectivity index (χ3n) is 3.10. The SMILES string of the molecule is Cc1ccc(Cl)c(NC(=O)COC2(C)CNC2)c1Cl. The summed E-state index contributed by atoms with van der Waals surface area (Å²) in [5.74, 6) is -0.262. The van der Waals surface area contributed by atoms with Crippen LogP contribution in [0.25, 0.3) is 0 Å². The number of hydrogen-bond acceptors (Lipinski definition) is 3. The van der Waals surface area contributed by atoms with E-state index in [1.165, 1.54) is 0 Å². The van der Waals surface area contributed by atoms with Crippen LogP contribution >= 0.6 is 23.2 Å². The Hall–Kier alpha value is -0.810. The highest BCUT2D eigenvalue weighted by atomic mass is 35.5. The Kier molecular flexibility index (Phi) is 4.36. The Balaban J connectivity index is 1.97. The van der Waals surface area contributed by atoms with Crippen molar-refractivity contribution in [1.29, 1.82) is 0 Å². The Morgan fingerprint density at radius 1 is 1.47 bits per heavy atom. The van der Waals surface area contributed by atoms with Crippen molar-refractivity contribution < 1.29 is 9.53 Å². The molecule has 0 aromatic heterocycles. The average Bonchev–Trinajstić information content (AvgIpc) is 2.34. The standard InChI is InChI=1S/C13H16Cl2N2O2/c1-8-3-4-9(14)12(11(8)15)17-10(18)5-19-13(2)6-16-7-13/h3-4,16H,5-7H2,1-2H3,(H,17,18). The first-order valence-corrected chi connectivity index (χ1v) is 6.76. The zero-order valence-corrected chi connectivity index (χ0v) is 12.4. The van der Waals surface area contributed by atoms with Gasteiger partial charge in [0.1, 0.15) is 6.61 Å². The van der Waals surface area contributed by atoms with Gasteiger partial charge in [-0.1, -0.05) is 29.3 Å². The van der Waals surface area contributed by atoms with E-state index in [0.29, 0.717) is 15.7 Å². The number of carbonyl (C=O) groups is 1. The first-order chi connectivity index (χ1) is 8.91. The third-order valence-corrected chi connectivity index (χ3v) is 3.90. The van der Waals surface area contributed by atoms with Gasteiger partial charge < -0.3 is 15.4 Å². The first kappa shape index (κ1) is 14.6. The number of hydrogen-bond donors (Lipinski definition) is 2. The van der Waals surface area contributed by atoms with E-state index in [1.807, 2.05) is 13.8 Å². The van der Waals surface area contributed by atoms with Gasteiger partial charge in [0, 0.05) is 13.1 Å². The lowest BCUT2D eigenvalue weighted by atomic mass is 10.0. The van der Waals surface area contributed by atoms with Crippen molar-refractivity contribution in [3.63, 3.8) is 0 Å². The molecule has 4 nitrogen and oxygen atoms in total. The fraction of sp³-hybridized carbons (Fsp3) is 0.462. The number of anilines is 1. The molecule has 0 bridgehead atoms. The van der Waals surface area contributed by atoms with Gasteiger partial charge in [0.15, 0.2) is 0 Å². The fourth-order valence-corrected chi connectivity index (χ4v) is 2.23. The van der Waals surface area contributed by atoms with Gasteiger partial charge in [-0.3, -0.25) is 4.79 Å². The normalized spacial score (nSPS) is 16.8. The number of ether oxygens (including phenoxy) is 1. The van der Waals surface area contributed by atoms with Gasteiger partial charge in [0.2, 0.25) is 5.91 Å². The molecule has 0 atom stereocenters. The molecule has 1 fully saturated rings. The topological polar surface area (TPSA) is 50.4 Å². The molecule has 1 amide bonds. The number of amides is 1. The number of benzene rings is 1. The molecule has 0 aliphatic carbocycles. The van der Waals surface area contributed by atoms with Crippen LogP contribution in [-0.2, 0) is 9.53 Å². The van der Waals surface area contributed by atoms with Crippen molar-refractivity contribution in [2.24, 2.45) is 0 Å². The maximum absolute atomic E-state index is 11.8. The van der Waals surface area contributed by atoms with Crippen molar-refractivity contribution in [2.75, 3.05) is 25.0 Å². The molecule has 1 aliphatic rings. The smallest absolute Gasteiger partial charge is 0.250 e. The van der Waals surface area contributed by atoms with Gasteiger partial charge in [0.05, 0.1) is 21.3 Å². The van der Waals surface area contributed by atoms with Crippen LogP contribution < -0.4 is 10.6 Å². The minimum atomic E-state index is -0.262. The molecule has 2 N–H and O–H groups in total. The summed E-state index contributed by atoms with van der Waals surface area (Å²) >= 11 is 12.1. The van der Waals surface area contributed by atoms with Crippen LogP contribution in [0.2, 0.25) is 10.0 Å². The molecular weight excluding hydrogens is 287 g/mol. The van der Waals surface area contributed by atoms with E-state index in [1.54, 1.807) is 12.1 Å². The summed E-state index contributed by atoms with van der Waals surface area (Å²) in [4.78, 5) is 11.8. The molecule has 2 rings (SSSR count). The molecule has 1 aliphatic heterocycles. The fourth-order valence-electron chi connectivity index (χ4n) is 1.77. The number of aryl methyl sites for hydroxylation is 1. The highest BCUT2D eigenvalue weighted by Crippen LogP contribution is 2.32. The van der Waals surface area contributed by atoms with Crippen molar-refractivity contribution in [3.8, 4) is 0 Å². The zero-order valence-electron chi connectivity index (χ0n) is 10.8. The lowest BCUT2D eigenvalue weighted by Gasteiger charge is -2.38. The third kappa shape index (κ3) is 3.39. The van der Waals surface area contributed by atoms with Crippen LogP contribution in [-0.4, -0.2) is 31.2 Å². The predicted molar refractivity (Wildman–Crippen MR) is 77.1 cm³/mol. The van der Waals surface area contributed by atoms with Gasteiger partial charge in [0.25, 0.3) is 0 Å². The van der Waals surface area contributed by atoms with Gasteiger partial charge in [-0.15, -0.1) is 0 Å². The van der Waals surface area contributed by atoms with Gasteiger partial charge in [-0.05, 0) is 25.5 Å². The lowest BCUT2D eigenvalue weighted by molar-refractivity contribution is -0.130. The number of rotatable bonds is 4. The van der Waals surface area contributed by atoms with Gasteiger partial charge in [-0.2, -0.15) is 0 Å². The van der Waals surface area contributed by atoms with Crippen molar-refractivity contribution >= 4 is 34.8 Å². The monoisotopic (exact) mass is 302 g/mol. The van der Waals surface area contributed by atoms with Crippen LogP contribution in [0.15, 0.2) is 12.1 Å². The van der Waals surface area contributed by atoms with Gasteiger partial charge in [-0.25, -0.2) is 0 Å². The zero-order chi connectivity index (χ0) is 14.0. The molecule has 0 spiro atoms.